The van der Waals surface area contributed by atoms with E-state index in [9.17, 15) is 8.42 Å². The topological polar surface area (TPSA) is 82.4 Å². The van der Waals surface area contributed by atoms with Gasteiger partial charge in [-0.15, -0.1) is 0 Å². The third kappa shape index (κ3) is 4.35. The lowest BCUT2D eigenvalue weighted by molar-refractivity contribution is 0.146. The minimum absolute atomic E-state index is 0.151. The molecule has 0 aliphatic rings. The average Bonchev–Trinajstić information content (AvgIpc) is 2.97. The highest BCUT2D eigenvalue weighted by Gasteiger charge is 2.20. The number of methoxy groups -OCH3 is 1. The molecule has 0 amide bonds. The summed E-state index contributed by atoms with van der Waals surface area (Å²) in [4.78, 5) is 0.151. The van der Waals surface area contributed by atoms with Crippen molar-refractivity contribution in [1.29, 1.82) is 0 Å². The maximum absolute atomic E-state index is 12.8. The summed E-state index contributed by atoms with van der Waals surface area (Å²) >= 11 is 0. The molecule has 0 saturated carbocycles. The second-order valence-corrected chi connectivity index (χ2v) is 7.89. The Morgan fingerprint density at radius 2 is 1.68 bits per heavy atom. The minimum Gasteiger partial charge on any atom is -0.491 e. The number of para-hydroxylation sites is 1. The van der Waals surface area contributed by atoms with Crippen molar-refractivity contribution in [1.82, 2.24) is 9.78 Å². The zero-order chi connectivity index (χ0) is 20.1. The van der Waals surface area contributed by atoms with Crippen LogP contribution in [-0.2, 0) is 14.8 Å². The molecule has 0 atom stereocenters. The van der Waals surface area contributed by atoms with E-state index in [1.54, 1.807) is 30.8 Å². The van der Waals surface area contributed by atoms with Crippen molar-refractivity contribution in [3.63, 3.8) is 0 Å². The Morgan fingerprint density at radius 1 is 1.00 bits per heavy atom. The van der Waals surface area contributed by atoms with Gasteiger partial charge >= 0.3 is 0 Å². The summed E-state index contributed by atoms with van der Waals surface area (Å²) in [6.45, 7) is 4.47. The number of aryl methyl sites for hydroxylation is 1. The Bertz CT molecular complexity index is 1030. The molecule has 0 aliphatic carbocycles. The van der Waals surface area contributed by atoms with E-state index in [1.165, 1.54) is 12.1 Å². The van der Waals surface area contributed by atoms with E-state index < -0.39 is 10.0 Å². The molecule has 0 saturated heterocycles. The van der Waals surface area contributed by atoms with Crippen LogP contribution in [0.1, 0.15) is 11.4 Å². The van der Waals surface area contributed by atoms with E-state index >= 15 is 0 Å². The first-order valence-corrected chi connectivity index (χ1v) is 10.3. The predicted octanol–water partition coefficient (Wildman–Crippen LogP) is 3.32. The Balaban J connectivity index is 1.82. The monoisotopic (exact) mass is 401 g/mol. The van der Waals surface area contributed by atoms with Gasteiger partial charge in [-0.05, 0) is 50.2 Å². The Labute approximate surface area is 165 Å². The molecule has 1 N–H and O–H groups in total. The van der Waals surface area contributed by atoms with Crippen LogP contribution in [0.25, 0.3) is 5.69 Å². The van der Waals surface area contributed by atoms with Crippen LogP contribution < -0.4 is 9.46 Å². The van der Waals surface area contributed by atoms with Crippen LogP contribution in [-0.4, -0.2) is 38.5 Å². The summed E-state index contributed by atoms with van der Waals surface area (Å²) in [5.74, 6) is 0.584. The van der Waals surface area contributed by atoms with Gasteiger partial charge in [-0.1, -0.05) is 18.2 Å². The van der Waals surface area contributed by atoms with Crippen molar-refractivity contribution in [3.8, 4) is 11.4 Å². The van der Waals surface area contributed by atoms with Crippen molar-refractivity contribution < 1.29 is 17.9 Å². The zero-order valence-corrected chi connectivity index (χ0v) is 16.9. The van der Waals surface area contributed by atoms with Crippen molar-refractivity contribution in [2.24, 2.45) is 0 Å². The number of benzene rings is 2. The Morgan fingerprint density at radius 3 is 2.32 bits per heavy atom. The summed E-state index contributed by atoms with van der Waals surface area (Å²) < 4.78 is 40.4. The molecule has 28 heavy (non-hydrogen) atoms. The van der Waals surface area contributed by atoms with Gasteiger partial charge in [0.2, 0.25) is 0 Å². The summed E-state index contributed by atoms with van der Waals surface area (Å²) in [7, 11) is -2.16. The molecule has 148 valence electrons. The molecule has 0 spiro atoms. The highest BCUT2D eigenvalue weighted by atomic mass is 32.2. The number of anilines is 1. The average molecular weight is 401 g/mol. The molecule has 0 radical (unpaired) electrons. The fourth-order valence-electron chi connectivity index (χ4n) is 2.76. The van der Waals surface area contributed by atoms with Crippen LogP contribution in [0.15, 0.2) is 59.5 Å². The molecule has 1 heterocycles. The van der Waals surface area contributed by atoms with Crippen molar-refractivity contribution >= 4 is 15.7 Å². The second kappa shape index (κ2) is 8.45. The van der Waals surface area contributed by atoms with E-state index in [4.69, 9.17) is 9.47 Å². The van der Waals surface area contributed by atoms with Gasteiger partial charge in [-0.2, -0.15) is 5.10 Å². The fourth-order valence-corrected chi connectivity index (χ4v) is 3.94. The van der Waals surface area contributed by atoms with E-state index in [0.717, 1.165) is 5.69 Å². The summed E-state index contributed by atoms with van der Waals surface area (Å²) in [5.41, 5.74) is 2.66. The van der Waals surface area contributed by atoms with Crippen LogP contribution in [0.5, 0.6) is 5.75 Å². The number of hydrogen-bond acceptors (Lipinski definition) is 5. The lowest BCUT2D eigenvalue weighted by Gasteiger charge is -2.10. The maximum Gasteiger partial charge on any atom is 0.262 e. The van der Waals surface area contributed by atoms with Gasteiger partial charge in [-0.25, -0.2) is 13.1 Å². The van der Waals surface area contributed by atoms with Gasteiger partial charge in [0.25, 0.3) is 10.0 Å². The number of aromatic nitrogens is 2. The first-order valence-electron chi connectivity index (χ1n) is 8.78. The number of nitrogens with zero attached hydrogens (tertiary/aromatic N) is 2. The van der Waals surface area contributed by atoms with E-state index in [1.807, 2.05) is 37.3 Å². The van der Waals surface area contributed by atoms with Crippen LogP contribution in [0.2, 0.25) is 0 Å². The van der Waals surface area contributed by atoms with Gasteiger partial charge in [0.1, 0.15) is 12.4 Å². The number of ether oxygens (including phenoxy) is 2. The third-order valence-corrected chi connectivity index (χ3v) is 5.58. The van der Waals surface area contributed by atoms with Crippen molar-refractivity contribution in [2.45, 2.75) is 18.7 Å². The van der Waals surface area contributed by atoms with Crippen LogP contribution in [0, 0.1) is 13.8 Å². The molecule has 0 unspecified atom stereocenters. The van der Waals surface area contributed by atoms with Crippen LogP contribution >= 0.6 is 0 Å². The molecule has 0 bridgehead atoms. The molecule has 7 nitrogen and oxygen atoms in total. The van der Waals surface area contributed by atoms with Crippen LogP contribution in [0.3, 0.4) is 0 Å². The van der Waals surface area contributed by atoms with Gasteiger partial charge in [-0.3, -0.25) is 4.72 Å². The van der Waals surface area contributed by atoms with Gasteiger partial charge in [0.05, 0.1) is 34.3 Å². The molecule has 0 aliphatic heterocycles. The zero-order valence-electron chi connectivity index (χ0n) is 16.0. The van der Waals surface area contributed by atoms with E-state index in [0.29, 0.717) is 36.0 Å². The maximum atomic E-state index is 12.8. The standard InChI is InChI=1S/C20H23N3O4S/c1-15-20(16(2)23(21-15)17-7-5-4-6-8-17)22-28(24,25)19-11-9-18(10-12-19)27-14-13-26-3/h4-12,22H,13-14H2,1-3H3. The van der Waals surface area contributed by atoms with Gasteiger partial charge < -0.3 is 9.47 Å². The number of hydrogen-bond donors (Lipinski definition) is 1. The molecule has 2 aromatic carbocycles. The summed E-state index contributed by atoms with van der Waals surface area (Å²) in [6.07, 6.45) is 0. The lowest BCUT2D eigenvalue weighted by Crippen LogP contribution is -2.14. The predicted molar refractivity (Wildman–Crippen MR) is 108 cm³/mol. The van der Waals surface area contributed by atoms with Crippen molar-refractivity contribution in [2.75, 3.05) is 25.0 Å². The molecule has 1 aromatic heterocycles. The minimum atomic E-state index is -3.75. The van der Waals surface area contributed by atoms with Gasteiger partial charge in [0.15, 0.2) is 0 Å². The summed E-state index contributed by atoms with van der Waals surface area (Å²) in [6, 6.07) is 15.8. The number of nitrogens with one attached hydrogen (secondary N) is 1. The van der Waals surface area contributed by atoms with Crippen LogP contribution in [0.4, 0.5) is 5.69 Å². The SMILES string of the molecule is COCCOc1ccc(S(=O)(=O)Nc2c(C)nn(-c3ccccc3)c2C)cc1. The second-order valence-electron chi connectivity index (χ2n) is 6.21. The smallest absolute Gasteiger partial charge is 0.262 e. The quantitative estimate of drug-likeness (QED) is 0.586. The lowest BCUT2D eigenvalue weighted by atomic mass is 10.3. The van der Waals surface area contributed by atoms with Gasteiger partial charge in [0, 0.05) is 7.11 Å². The highest BCUT2D eigenvalue weighted by Crippen LogP contribution is 2.26. The fraction of sp³-hybridized carbons (Fsp3) is 0.250. The number of sulfonamides is 1. The van der Waals surface area contributed by atoms with E-state index in [2.05, 4.69) is 9.82 Å². The first-order chi connectivity index (χ1) is 13.4. The first kappa shape index (κ1) is 19.9. The van der Waals surface area contributed by atoms with Crippen molar-refractivity contribution in [3.05, 3.63) is 66.0 Å². The highest BCUT2D eigenvalue weighted by molar-refractivity contribution is 7.92. The van der Waals surface area contributed by atoms with E-state index in [-0.39, 0.29) is 4.90 Å². The Kier molecular flexibility index (Phi) is 6.01. The normalized spacial score (nSPS) is 11.4. The molecule has 0 fully saturated rings. The molecular formula is C20H23N3O4S. The molecule has 8 heteroatoms. The number of rotatable bonds is 8. The Hall–Kier alpha value is -2.84. The molecule has 3 aromatic rings. The largest absolute Gasteiger partial charge is 0.491 e. The molecule has 3 rings (SSSR count). The molecular weight excluding hydrogens is 378 g/mol. The third-order valence-electron chi connectivity index (χ3n) is 4.22. The summed E-state index contributed by atoms with van der Waals surface area (Å²) in [5, 5.41) is 4.47.